The van der Waals surface area contributed by atoms with E-state index in [0.717, 1.165) is 18.3 Å². The van der Waals surface area contributed by atoms with Crippen molar-refractivity contribution in [3.8, 4) is 0 Å². The molecule has 0 aromatic heterocycles. The second kappa shape index (κ2) is 6.28. The number of hydrogen-bond donors (Lipinski definition) is 0. The highest BCUT2D eigenvalue weighted by Gasteiger charge is 2.33. The van der Waals surface area contributed by atoms with Gasteiger partial charge in [-0.1, -0.05) is 32.6 Å². The molecule has 0 amide bonds. The van der Waals surface area contributed by atoms with Crippen LogP contribution in [0.15, 0.2) is 0 Å². The first-order valence-electron chi connectivity index (χ1n) is 8.20. The van der Waals surface area contributed by atoms with Crippen molar-refractivity contribution in [2.75, 3.05) is 6.61 Å². The molecular formula is C17H30O2. The van der Waals surface area contributed by atoms with Crippen molar-refractivity contribution in [1.29, 1.82) is 0 Å². The molecule has 0 spiro atoms. The predicted molar refractivity (Wildman–Crippen MR) is 77.8 cm³/mol. The fourth-order valence-corrected chi connectivity index (χ4v) is 3.66. The molecule has 0 saturated heterocycles. The first kappa shape index (κ1) is 14.9. The van der Waals surface area contributed by atoms with Crippen LogP contribution >= 0.6 is 0 Å². The second-order valence-corrected chi connectivity index (χ2v) is 7.32. The molecule has 0 aromatic carbocycles. The molecule has 2 heteroatoms. The summed E-state index contributed by atoms with van der Waals surface area (Å²) in [5.41, 5.74) is -0.317. The number of esters is 1. The van der Waals surface area contributed by atoms with E-state index in [0.29, 0.717) is 12.5 Å². The molecule has 0 radical (unpaired) electrons. The van der Waals surface area contributed by atoms with Crippen molar-refractivity contribution >= 4 is 5.97 Å². The van der Waals surface area contributed by atoms with Crippen LogP contribution in [0.4, 0.5) is 0 Å². The molecule has 3 unspecified atom stereocenters. The van der Waals surface area contributed by atoms with Gasteiger partial charge in [-0.3, -0.25) is 4.79 Å². The van der Waals surface area contributed by atoms with Crippen LogP contribution in [-0.4, -0.2) is 12.6 Å². The predicted octanol–water partition coefficient (Wildman–Crippen LogP) is 4.57. The van der Waals surface area contributed by atoms with Crippen molar-refractivity contribution in [3.05, 3.63) is 0 Å². The van der Waals surface area contributed by atoms with E-state index in [4.69, 9.17) is 4.74 Å². The fourth-order valence-electron chi connectivity index (χ4n) is 3.66. The molecule has 2 nitrogen and oxygen atoms in total. The Morgan fingerprint density at radius 3 is 2.47 bits per heavy atom. The molecule has 2 aliphatic rings. The Morgan fingerprint density at radius 2 is 1.79 bits per heavy atom. The standard InChI is InChI=1S/C17H30O2/c1-4-17(2,3)16(18)19-12-13-9-10-14-7-5-6-8-15(14)11-13/h13-15H,4-12H2,1-3H3. The molecule has 0 N–H and O–H groups in total. The minimum atomic E-state index is -0.317. The minimum Gasteiger partial charge on any atom is -0.465 e. The summed E-state index contributed by atoms with van der Waals surface area (Å²) in [4.78, 5) is 12.0. The highest BCUT2D eigenvalue weighted by Crippen LogP contribution is 2.42. The summed E-state index contributed by atoms with van der Waals surface area (Å²) in [6, 6.07) is 0. The number of fused-ring (bicyclic) bond motifs is 1. The number of carbonyl (C=O) groups excluding carboxylic acids is 1. The Bertz CT molecular complexity index is 308. The third-order valence-corrected chi connectivity index (χ3v) is 5.53. The van der Waals surface area contributed by atoms with Gasteiger partial charge in [-0.15, -0.1) is 0 Å². The summed E-state index contributed by atoms with van der Waals surface area (Å²) in [5.74, 6) is 2.51. The zero-order valence-electron chi connectivity index (χ0n) is 12.9. The Labute approximate surface area is 118 Å². The topological polar surface area (TPSA) is 26.3 Å². The number of rotatable bonds is 4. The average Bonchev–Trinajstić information content (AvgIpc) is 2.44. The summed E-state index contributed by atoms with van der Waals surface area (Å²) in [5, 5.41) is 0. The highest BCUT2D eigenvalue weighted by molar-refractivity contribution is 5.75. The van der Waals surface area contributed by atoms with E-state index in [1.807, 2.05) is 13.8 Å². The maximum Gasteiger partial charge on any atom is 0.311 e. The van der Waals surface area contributed by atoms with E-state index in [2.05, 4.69) is 6.92 Å². The molecule has 2 saturated carbocycles. The monoisotopic (exact) mass is 266 g/mol. The third-order valence-electron chi connectivity index (χ3n) is 5.53. The highest BCUT2D eigenvalue weighted by atomic mass is 16.5. The molecule has 0 heterocycles. The zero-order valence-corrected chi connectivity index (χ0v) is 12.9. The molecule has 19 heavy (non-hydrogen) atoms. The van der Waals surface area contributed by atoms with Gasteiger partial charge in [-0.25, -0.2) is 0 Å². The average molecular weight is 266 g/mol. The van der Waals surface area contributed by atoms with Gasteiger partial charge in [0.1, 0.15) is 0 Å². The molecule has 0 bridgehead atoms. The Morgan fingerprint density at radius 1 is 1.11 bits per heavy atom. The smallest absolute Gasteiger partial charge is 0.311 e. The van der Waals surface area contributed by atoms with Crippen molar-refractivity contribution in [3.63, 3.8) is 0 Å². The molecule has 2 aliphatic carbocycles. The van der Waals surface area contributed by atoms with Crippen LogP contribution in [0.2, 0.25) is 0 Å². The van der Waals surface area contributed by atoms with Gasteiger partial charge in [0, 0.05) is 0 Å². The van der Waals surface area contributed by atoms with Gasteiger partial charge in [0.15, 0.2) is 0 Å². The number of carbonyl (C=O) groups is 1. The van der Waals surface area contributed by atoms with Gasteiger partial charge in [-0.2, -0.15) is 0 Å². The van der Waals surface area contributed by atoms with Crippen molar-refractivity contribution in [1.82, 2.24) is 0 Å². The van der Waals surface area contributed by atoms with Crippen LogP contribution in [0.1, 0.15) is 72.1 Å². The molecular weight excluding hydrogens is 236 g/mol. The fraction of sp³-hybridized carbons (Fsp3) is 0.941. The molecule has 3 atom stereocenters. The molecule has 2 fully saturated rings. The Hall–Kier alpha value is -0.530. The zero-order chi connectivity index (χ0) is 13.9. The van der Waals surface area contributed by atoms with Crippen LogP contribution < -0.4 is 0 Å². The van der Waals surface area contributed by atoms with E-state index in [-0.39, 0.29) is 11.4 Å². The van der Waals surface area contributed by atoms with Gasteiger partial charge < -0.3 is 4.74 Å². The lowest BCUT2D eigenvalue weighted by molar-refractivity contribution is -0.156. The van der Waals surface area contributed by atoms with E-state index in [1.165, 1.54) is 44.9 Å². The summed E-state index contributed by atoms with van der Waals surface area (Å²) in [6.07, 6.45) is 10.5. The summed E-state index contributed by atoms with van der Waals surface area (Å²) in [7, 11) is 0. The largest absolute Gasteiger partial charge is 0.465 e. The van der Waals surface area contributed by atoms with Gasteiger partial charge in [0.25, 0.3) is 0 Å². The van der Waals surface area contributed by atoms with Crippen molar-refractivity contribution in [2.45, 2.75) is 72.1 Å². The summed E-state index contributed by atoms with van der Waals surface area (Å²) >= 11 is 0. The maximum absolute atomic E-state index is 12.0. The van der Waals surface area contributed by atoms with E-state index in [9.17, 15) is 4.79 Å². The van der Waals surface area contributed by atoms with E-state index >= 15 is 0 Å². The molecule has 0 aliphatic heterocycles. The van der Waals surface area contributed by atoms with Crippen LogP contribution in [-0.2, 0) is 9.53 Å². The SMILES string of the molecule is CCC(C)(C)C(=O)OCC1CCC2CCCCC2C1. The first-order chi connectivity index (χ1) is 9.03. The molecule has 110 valence electrons. The van der Waals surface area contributed by atoms with E-state index in [1.54, 1.807) is 0 Å². The molecule has 0 aromatic rings. The van der Waals surface area contributed by atoms with Gasteiger partial charge in [0.2, 0.25) is 0 Å². The van der Waals surface area contributed by atoms with Crippen LogP contribution in [0.25, 0.3) is 0 Å². The second-order valence-electron chi connectivity index (χ2n) is 7.32. The van der Waals surface area contributed by atoms with E-state index < -0.39 is 0 Å². The lowest BCUT2D eigenvalue weighted by atomic mass is 9.68. The van der Waals surface area contributed by atoms with Crippen LogP contribution in [0.3, 0.4) is 0 Å². The van der Waals surface area contributed by atoms with Crippen molar-refractivity contribution < 1.29 is 9.53 Å². The minimum absolute atomic E-state index is 0.0132. The lowest BCUT2D eigenvalue weighted by Gasteiger charge is -2.39. The third kappa shape index (κ3) is 3.73. The number of hydrogen-bond acceptors (Lipinski definition) is 2. The summed E-state index contributed by atoms with van der Waals surface area (Å²) < 4.78 is 5.58. The van der Waals surface area contributed by atoms with Crippen LogP contribution in [0.5, 0.6) is 0 Å². The Kier molecular flexibility index (Phi) is 4.92. The first-order valence-corrected chi connectivity index (χ1v) is 8.20. The maximum atomic E-state index is 12.0. The van der Waals surface area contributed by atoms with Crippen LogP contribution in [0, 0.1) is 23.2 Å². The lowest BCUT2D eigenvalue weighted by Crippen LogP contribution is -2.32. The van der Waals surface area contributed by atoms with Gasteiger partial charge in [-0.05, 0) is 57.3 Å². The molecule has 2 rings (SSSR count). The number of ether oxygens (including phenoxy) is 1. The Balaban J connectivity index is 1.76. The summed E-state index contributed by atoms with van der Waals surface area (Å²) in [6.45, 7) is 6.67. The van der Waals surface area contributed by atoms with Crippen molar-refractivity contribution in [2.24, 2.45) is 23.2 Å². The quantitative estimate of drug-likeness (QED) is 0.697. The van der Waals surface area contributed by atoms with Gasteiger partial charge >= 0.3 is 5.97 Å². The normalized spacial score (nSPS) is 31.6. The van der Waals surface area contributed by atoms with Gasteiger partial charge in [0.05, 0.1) is 12.0 Å².